The number of hydrogen-bond donors (Lipinski definition) is 1. The van der Waals surface area contributed by atoms with Gasteiger partial charge in [-0.3, -0.25) is 0 Å². The molecule has 0 aromatic carbocycles. The highest BCUT2D eigenvalue weighted by Crippen LogP contribution is 2.21. The van der Waals surface area contributed by atoms with Gasteiger partial charge in [-0.05, 0) is 18.9 Å². The van der Waals surface area contributed by atoms with Crippen LogP contribution in [0.15, 0.2) is 0 Å². The Kier molecular flexibility index (Phi) is 6.88. The van der Waals surface area contributed by atoms with Crippen LogP contribution < -0.4 is 5.32 Å². The van der Waals surface area contributed by atoms with Crippen LogP contribution >= 0.6 is 11.8 Å². The van der Waals surface area contributed by atoms with Crippen molar-refractivity contribution in [2.75, 3.05) is 18.8 Å². The highest BCUT2D eigenvalue weighted by atomic mass is 32.2. The minimum absolute atomic E-state index is 0.416. The molecule has 0 saturated heterocycles. The first-order valence-electron chi connectivity index (χ1n) is 5.26. The molecular formula is C11H25NS. The van der Waals surface area contributed by atoms with Crippen LogP contribution in [0.2, 0.25) is 0 Å². The van der Waals surface area contributed by atoms with Gasteiger partial charge in [0, 0.05) is 17.0 Å². The summed E-state index contributed by atoms with van der Waals surface area (Å²) in [7, 11) is 0. The third-order valence-electron chi connectivity index (χ3n) is 1.71. The summed E-state index contributed by atoms with van der Waals surface area (Å²) in [5.74, 6) is 2.05. The molecule has 0 unspecified atom stereocenters. The average Bonchev–Trinajstić information content (AvgIpc) is 1.93. The number of hydrogen-bond acceptors (Lipinski definition) is 2. The molecule has 1 N–H and O–H groups in total. The SMILES string of the molecule is CC(C)CCNCCSC(C)(C)C. The van der Waals surface area contributed by atoms with Gasteiger partial charge in [0.2, 0.25) is 0 Å². The lowest BCUT2D eigenvalue weighted by molar-refractivity contribution is 0.547. The largest absolute Gasteiger partial charge is 0.316 e. The average molecular weight is 203 g/mol. The van der Waals surface area contributed by atoms with Crippen LogP contribution in [-0.2, 0) is 0 Å². The van der Waals surface area contributed by atoms with Crippen molar-refractivity contribution in [3.63, 3.8) is 0 Å². The first kappa shape index (κ1) is 13.3. The second kappa shape index (κ2) is 6.72. The standard InChI is InChI=1S/C11H25NS/c1-10(2)6-7-12-8-9-13-11(3,4)5/h10,12H,6-9H2,1-5H3. The second-order valence-corrected chi connectivity index (χ2v) is 6.82. The van der Waals surface area contributed by atoms with E-state index in [2.05, 4.69) is 39.9 Å². The van der Waals surface area contributed by atoms with Crippen LogP contribution in [0.4, 0.5) is 0 Å². The van der Waals surface area contributed by atoms with Gasteiger partial charge in [0.15, 0.2) is 0 Å². The van der Waals surface area contributed by atoms with Gasteiger partial charge in [0.05, 0.1) is 0 Å². The van der Waals surface area contributed by atoms with E-state index >= 15 is 0 Å². The molecule has 0 aromatic rings. The van der Waals surface area contributed by atoms with Gasteiger partial charge in [-0.25, -0.2) is 0 Å². The molecule has 0 saturated carbocycles. The molecule has 0 aromatic heterocycles. The molecule has 0 aliphatic carbocycles. The fourth-order valence-corrected chi connectivity index (χ4v) is 1.80. The highest BCUT2D eigenvalue weighted by Gasteiger charge is 2.08. The highest BCUT2D eigenvalue weighted by molar-refractivity contribution is 8.00. The predicted molar refractivity (Wildman–Crippen MR) is 64.5 cm³/mol. The molecule has 1 nitrogen and oxygen atoms in total. The molecule has 0 heterocycles. The lowest BCUT2D eigenvalue weighted by Gasteiger charge is -2.17. The molecule has 80 valence electrons. The summed E-state index contributed by atoms with van der Waals surface area (Å²) in [5.41, 5.74) is 0. The summed E-state index contributed by atoms with van der Waals surface area (Å²) in [6.07, 6.45) is 1.29. The van der Waals surface area contributed by atoms with E-state index in [1.165, 1.54) is 18.7 Å². The van der Waals surface area contributed by atoms with E-state index in [1.807, 2.05) is 11.8 Å². The van der Waals surface area contributed by atoms with Gasteiger partial charge in [-0.2, -0.15) is 11.8 Å². The molecular weight excluding hydrogens is 178 g/mol. The number of thioether (sulfide) groups is 1. The summed E-state index contributed by atoms with van der Waals surface area (Å²) in [6.45, 7) is 13.7. The maximum absolute atomic E-state index is 3.47. The van der Waals surface area contributed by atoms with Crippen LogP contribution in [0.3, 0.4) is 0 Å². The van der Waals surface area contributed by atoms with Gasteiger partial charge >= 0.3 is 0 Å². The maximum Gasteiger partial charge on any atom is 0.00755 e. The van der Waals surface area contributed by atoms with E-state index in [1.54, 1.807) is 0 Å². The Morgan fingerprint density at radius 2 is 1.77 bits per heavy atom. The van der Waals surface area contributed by atoms with Gasteiger partial charge in [-0.15, -0.1) is 0 Å². The summed E-state index contributed by atoms with van der Waals surface area (Å²) >= 11 is 2.03. The lowest BCUT2D eigenvalue weighted by Crippen LogP contribution is -2.21. The van der Waals surface area contributed by atoms with Crippen molar-refractivity contribution in [1.29, 1.82) is 0 Å². The smallest absolute Gasteiger partial charge is 0.00755 e. The molecule has 0 fully saturated rings. The third-order valence-corrected chi connectivity index (χ3v) is 2.99. The van der Waals surface area contributed by atoms with Gasteiger partial charge in [-0.1, -0.05) is 34.6 Å². The van der Waals surface area contributed by atoms with Crippen LogP contribution in [0.1, 0.15) is 41.0 Å². The summed E-state index contributed by atoms with van der Waals surface area (Å²) < 4.78 is 0.416. The van der Waals surface area contributed by atoms with E-state index in [9.17, 15) is 0 Å². The molecule has 0 spiro atoms. The Bertz CT molecular complexity index is 116. The van der Waals surface area contributed by atoms with Crippen molar-refractivity contribution in [2.45, 2.75) is 45.8 Å². The number of nitrogens with one attached hydrogen (secondary N) is 1. The second-order valence-electron chi connectivity index (χ2n) is 4.89. The zero-order valence-electron chi connectivity index (χ0n) is 9.81. The van der Waals surface area contributed by atoms with Crippen LogP contribution in [0, 0.1) is 5.92 Å². The Labute approximate surface area is 88.1 Å². The van der Waals surface area contributed by atoms with Crippen molar-refractivity contribution < 1.29 is 0 Å². The molecule has 13 heavy (non-hydrogen) atoms. The van der Waals surface area contributed by atoms with E-state index in [0.29, 0.717) is 4.75 Å². The minimum atomic E-state index is 0.416. The fraction of sp³-hybridized carbons (Fsp3) is 1.00. The zero-order chi connectivity index (χ0) is 10.3. The fourth-order valence-electron chi connectivity index (χ4n) is 0.945. The molecule has 0 bridgehead atoms. The van der Waals surface area contributed by atoms with Crippen molar-refractivity contribution in [3.8, 4) is 0 Å². The third kappa shape index (κ3) is 12.3. The topological polar surface area (TPSA) is 12.0 Å². The molecule has 0 amide bonds. The first-order chi connectivity index (χ1) is 5.92. The monoisotopic (exact) mass is 203 g/mol. The molecule has 0 atom stereocenters. The quantitative estimate of drug-likeness (QED) is 0.666. The molecule has 2 heteroatoms. The Hall–Kier alpha value is 0.310. The Morgan fingerprint density at radius 1 is 1.15 bits per heavy atom. The van der Waals surface area contributed by atoms with E-state index in [4.69, 9.17) is 0 Å². The Morgan fingerprint density at radius 3 is 2.23 bits per heavy atom. The van der Waals surface area contributed by atoms with E-state index in [-0.39, 0.29) is 0 Å². The van der Waals surface area contributed by atoms with Crippen LogP contribution in [-0.4, -0.2) is 23.6 Å². The van der Waals surface area contributed by atoms with E-state index in [0.717, 1.165) is 12.5 Å². The first-order valence-corrected chi connectivity index (χ1v) is 6.25. The summed E-state index contributed by atoms with van der Waals surface area (Å²) in [6, 6.07) is 0. The van der Waals surface area contributed by atoms with E-state index < -0.39 is 0 Å². The summed E-state index contributed by atoms with van der Waals surface area (Å²) in [5, 5.41) is 3.47. The Balaban J connectivity index is 3.09. The van der Waals surface area contributed by atoms with Gasteiger partial charge in [0.1, 0.15) is 0 Å². The van der Waals surface area contributed by atoms with Crippen LogP contribution in [0.5, 0.6) is 0 Å². The van der Waals surface area contributed by atoms with Crippen molar-refractivity contribution in [2.24, 2.45) is 5.92 Å². The van der Waals surface area contributed by atoms with Crippen molar-refractivity contribution >= 4 is 11.8 Å². The predicted octanol–water partition coefficient (Wildman–Crippen LogP) is 3.15. The molecule has 0 aliphatic heterocycles. The molecule has 0 aliphatic rings. The summed E-state index contributed by atoms with van der Waals surface area (Å²) in [4.78, 5) is 0. The van der Waals surface area contributed by atoms with Crippen LogP contribution in [0.25, 0.3) is 0 Å². The van der Waals surface area contributed by atoms with Gasteiger partial charge in [0.25, 0.3) is 0 Å². The lowest BCUT2D eigenvalue weighted by atomic mass is 10.1. The normalized spacial score (nSPS) is 12.5. The van der Waals surface area contributed by atoms with Crippen molar-refractivity contribution in [1.82, 2.24) is 5.32 Å². The molecule has 0 radical (unpaired) electrons. The molecule has 0 rings (SSSR count). The van der Waals surface area contributed by atoms with Crippen molar-refractivity contribution in [3.05, 3.63) is 0 Å². The zero-order valence-corrected chi connectivity index (χ0v) is 10.6. The minimum Gasteiger partial charge on any atom is -0.316 e. The maximum atomic E-state index is 3.47. The number of rotatable bonds is 6. The van der Waals surface area contributed by atoms with Gasteiger partial charge < -0.3 is 5.32 Å².